The lowest BCUT2D eigenvalue weighted by Gasteiger charge is -2.07. The first-order valence-corrected chi connectivity index (χ1v) is 7.19. The molecule has 3 aromatic rings. The van der Waals surface area contributed by atoms with Gasteiger partial charge in [-0.25, -0.2) is 4.98 Å². The highest BCUT2D eigenvalue weighted by Crippen LogP contribution is 2.21. The maximum Gasteiger partial charge on any atom is 0.255 e. The summed E-state index contributed by atoms with van der Waals surface area (Å²) in [5.41, 5.74) is 3.25. The third kappa shape index (κ3) is 3.15. The average molecular weight is 309 g/mol. The highest BCUT2D eigenvalue weighted by molar-refractivity contribution is 6.32. The smallest absolute Gasteiger partial charge is 0.255 e. The molecular formula is C18H13ClN2O. The molecule has 3 nitrogen and oxygen atoms in total. The number of aromatic nitrogens is 1. The zero-order valence-electron chi connectivity index (χ0n) is 11.7. The Labute approximate surface area is 133 Å². The summed E-state index contributed by atoms with van der Waals surface area (Å²) in [4.78, 5) is 16.1. The van der Waals surface area contributed by atoms with Crippen LogP contribution in [0, 0.1) is 0 Å². The number of nitrogens with one attached hydrogen (secondary N) is 1. The summed E-state index contributed by atoms with van der Waals surface area (Å²) < 4.78 is 0. The Morgan fingerprint density at radius 1 is 0.864 bits per heavy atom. The van der Waals surface area contributed by atoms with Crippen molar-refractivity contribution in [3.63, 3.8) is 0 Å². The van der Waals surface area contributed by atoms with Crippen molar-refractivity contribution in [1.29, 1.82) is 0 Å². The van der Waals surface area contributed by atoms with Gasteiger partial charge in [-0.15, -0.1) is 0 Å². The van der Waals surface area contributed by atoms with Crippen LogP contribution in [0.3, 0.4) is 0 Å². The molecule has 2 aromatic carbocycles. The van der Waals surface area contributed by atoms with E-state index < -0.39 is 0 Å². The molecule has 0 saturated carbocycles. The second-order valence-electron chi connectivity index (χ2n) is 4.74. The van der Waals surface area contributed by atoms with E-state index in [1.165, 1.54) is 0 Å². The van der Waals surface area contributed by atoms with E-state index in [9.17, 15) is 4.79 Å². The fourth-order valence-corrected chi connectivity index (χ4v) is 2.28. The number of rotatable bonds is 3. The molecule has 0 bridgehead atoms. The Morgan fingerprint density at radius 2 is 1.55 bits per heavy atom. The third-order valence-electron chi connectivity index (χ3n) is 3.26. The Kier molecular flexibility index (Phi) is 4.17. The second-order valence-corrected chi connectivity index (χ2v) is 5.10. The lowest BCUT2D eigenvalue weighted by molar-refractivity contribution is 0.102. The monoisotopic (exact) mass is 308 g/mol. The number of benzene rings is 2. The van der Waals surface area contributed by atoms with Gasteiger partial charge < -0.3 is 5.32 Å². The molecule has 0 atom stereocenters. The van der Waals surface area contributed by atoms with Crippen molar-refractivity contribution >= 4 is 23.2 Å². The lowest BCUT2D eigenvalue weighted by Crippen LogP contribution is -2.12. The fourth-order valence-electron chi connectivity index (χ4n) is 2.12. The van der Waals surface area contributed by atoms with Crippen LogP contribution in [-0.2, 0) is 0 Å². The number of anilines is 1. The molecule has 0 aliphatic heterocycles. The maximum absolute atomic E-state index is 12.2. The van der Waals surface area contributed by atoms with Crippen LogP contribution in [0.15, 0.2) is 72.9 Å². The van der Waals surface area contributed by atoms with E-state index in [1.807, 2.05) is 42.5 Å². The van der Waals surface area contributed by atoms with Crippen molar-refractivity contribution in [2.45, 2.75) is 0 Å². The number of hydrogen-bond acceptors (Lipinski definition) is 2. The van der Waals surface area contributed by atoms with Gasteiger partial charge in [0, 0.05) is 11.8 Å². The summed E-state index contributed by atoms with van der Waals surface area (Å²) in [6.45, 7) is 0. The molecule has 4 heteroatoms. The highest BCUT2D eigenvalue weighted by atomic mass is 35.5. The lowest BCUT2D eigenvalue weighted by atomic mass is 10.0. The van der Waals surface area contributed by atoms with Crippen LogP contribution in [-0.4, -0.2) is 10.9 Å². The molecule has 0 aliphatic carbocycles. The quantitative estimate of drug-likeness (QED) is 0.715. The zero-order chi connectivity index (χ0) is 15.4. The summed E-state index contributed by atoms with van der Waals surface area (Å²) in [6, 6.07) is 20.9. The minimum Gasteiger partial charge on any atom is -0.319 e. The summed E-state index contributed by atoms with van der Waals surface area (Å²) in [5.74, 6) is -0.213. The first kappa shape index (κ1) is 14.3. The van der Waals surface area contributed by atoms with Crippen molar-refractivity contribution in [2.75, 3.05) is 5.32 Å². The van der Waals surface area contributed by atoms with E-state index >= 15 is 0 Å². The van der Waals surface area contributed by atoms with Crippen LogP contribution in [0.2, 0.25) is 5.15 Å². The second kappa shape index (κ2) is 6.41. The van der Waals surface area contributed by atoms with Crippen molar-refractivity contribution in [3.05, 3.63) is 83.6 Å². The fraction of sp³-hybridized carbons (Fsp3) is 0. The van der Waals surface area contributed by atoms with Gasteiger partial charge in [0.15, 0.2) is 5.15 Å². The van der Waals surface area contributed by atoms with Crippen LogP contribution in [0.25, 0.3) is 11.1 Å². The molecule has 22 heavy (non-hydrogen) atoms. The zero-order valence-corrected chi connectivity index (χ0v) is 12.4. The first-order valence-electron chi connectivity index (χ1n) is 6.81. The van der Waals surface area contributed by atoms with Gasteiger partial charge in [0.25, 0.3) is 5.91 Å². The van der Waals surface area contributed by atoms with Gasteiger partial charge in [0.05, 0.1) is 5.69 Å². The Morgan fingerprint density at radius 3 is 2.23 bits per heavy atom. The van der Waals surface area contributed by atoms with E-state index in [1.54, 1.807) is 30.5 Å². The predicted octanol–water partition coefficient (Wildman–Crippen LogP) is 4.65. The molecule has 1 heterocycles. The molecule has 108 valence electrons. The van der Waals surface area contributed by atoms with Gasteiger partial charge in [-0.1, -0.05) is 54.1 Å². The molecular weight excluding hydrogens is 296 g/mol. The number of amides is 1. The van der Waals surface area contributed by atoms with Crippen LogP contribution >= 0.6 is 11.6 Å². The standard InChI is InChI=1S/C18H13ClN2O/c19-17-16(7-4-12-20-17)21-18(22)15-10-8-14(9-11-15)13-5-2-1-3-6-13/h1-12H,(H,21,22). The molecule has 0 unspecified atom stereocenters. The average Bonchev–Trinajstić information content (AvgIpc) is 2.58. The van der Waals surface area contributed by atoms with E-state index in [-0.39, 0.29) is 11.1 Å². The third-order valence-corrected chi connectivity index (χ3v) is 3.56. The molecule has 0 fully saturated rings. The molecule has 1 N–H and O–H groups in total. The van der Waals surface area contributed by atoms with E-state index in [0.717, 1.165) is 11.1 Å². The number of carbonyl (C=O) groups is 1. The Bertz CT molecular complexity index is 786. The van der Waals surface area contributed by atoms with Crippen molar-refractivity contribution in [3.8, 4) is 11.1 Å². The van der Waals surface area contributed by atoms with Gasteiger partial charge in [0.1, 0.15) is 0 Å². The van der Waals surface area contributed by atoms with Crippen LogP contribution in [0.1, 0.15) is 10.4 Å². The molecule has 0 radical (unpaired) electrons. The maximum atomic E-state index is 12.2. The van der Waals surface area contributed by atoms with E-state index in [2.05, 4.69) is 10.3 Å². The number of halogens is 1. The number of hydrogen-bond donors (Lipinski definition) is 1. The minimum absolute atomic E-state index is 0.213. The van der Waals surface area contributed by atoms with Crippen molar-refractivity contribution in [2.24, 2.45) is 0 Å². The summed E-state index contributed by atoms with van der Waals surface area (Å²) >= 11 is 5.94. The van der Waals surface area contributed by atoms with Crippen LogP contribution in [0.5, 0.6) is 0 Å². The van der Waals surface area contributed by atoms with Crippen molar-refractivity contribution < 1.29 is 4.79 Å². The van der Waals surface area contributed by atoms with Gasteiger partial charge >= 0.3 is 0 Å². The van der Waals surface area contributed by atoms with E-state index in [4.69, 9.17) is 11.6 Å². The van der Waals surface area contributed by atoms with E-state index in [0.29, 0.717) is 11.3 Å². The summed E-state index contributed by atoms with van der Waals surface area (Å²) in [7, 11) is 0. The highest BCUT2D eigenvalue weighted by Gasteiger charge is 2.09. The molecule has 0 aliphatic rings. The topological polar surface area (TPSA) is 42.0 Å². The van der Waals surface area contributed by atoms with Gasteiger partial charge in [-0.2, -0.15) is 0 Å². The molecule has 0 saturated heterocycles. The first-order chi connectivity index (χ1) is 10.7. The molecule has 1 aromatic heterocycles. The van der Waals surface area contributed by atoms with Gasteiger partial charge in [0.2, 0.25) is 0 Å². The number of carbonyl (C=O) groups excluding carboxylic acids is 1. The molecule has 1 amide bonds. The van der Waals surface area contributed by atoms with Gasteiger partial charge in [-0.3, -0.25) is 4.79 Å². The summed E-state index contributed by atoms with van der Waals surface area (Å²) in [6.07, 6.45) is 1.58. The number of nitrogens with zero attached hydrogens (tertiary/aromatic N) is 1. The van der Waals surface area contributed by atoms with Crippen LogP contribution in [0.4, 0.5) is 5.69 Å². The Hall–Kier alpha value is -2.65. The number of pyridine rings is 1. The SMILES string of the molecule is O=C(Nc1cccnc1Cl)c1ccc(-c2ccccc2)cc1. The Balaban J connectivity index is 1.78. The van der Waals surface area contributed by atoms with Crippen LogP contribution < -0.4 is 5.32 Å². The van der Waals surface area contributed by atoms with Gasteiger partial charge in [-0.05, 0) is 35.4 Å². The molecule has 0 spiro atoms. The van der Waals surface area contributed by atoms with Crippen molar-refractivity contribution in [1.82, 2.24) is 4.98 Å². The predicted molar refractivity (Wildman–Crippen MR) is 89.1 cm³/mol. The molecule has 3 rings (SSSR count). The minimum atomic E-state index is -0.213. The largest absolute Gasteiger partial charge is 0.319 e. The normalized spacial score (nSPS) is 10.2. The summed E-state index contributed by atoms with van der Waals surface area (Å²) in [5, 5.41) is 3.03.